The molecule has 0 saturated carbocycles. The van der Waals surface area contributed by atoms with Crippen LogP contribution in [0.5, 0.6) is 11.5 Å². The lowest BCUT2D eigenvalue weighted by atomic mass is 9.84. The smallest absolute Gasteiger partial charge is 0.191 e. The number of hydrogen-bond acceptors (Lipinski definition) is 5. The maximum absolute atomic E-state index is 5.71. The fourth-order valence-electron chi connectivity index (χ4n) is 2.95. The van der Waals surface area contributed by atoms with Gasteiger partial charge in [-0.25, -0.2) is 0 Å². The van der Waals surface area contributed by atoms with Gasteiger partial charge in [-0.2, -0.15) is 0 Å². The number of aliphatic imine (C=N–C) groups is 1. The number of ether oxygens (including phenoxy) is 2. The van der Waals surface area contributed by atoms with Gasteiger partial charge in [0.2, 0.25) is 0 Å². The van der Waals surface area contributed by atoms with E-state index in [1.807, 2.05) is 12.1 Å². The highest BCUT2D eigenvalue weighted by Crippen LogP contribution is 2.34. The van der Waals surface area contributed by atoms with Crippen LogP contribution in [-0.4, -0.2) is 37.9 Å². The molecule has 7 nitrogen and oxygen atoms in total. The van der Waals surface area contributed by atoms with Crippen molar-refractivity contribution in [2.24, 2.45) is 4.99 Å². The third-order valence-corrected chi connectivity index (χ3v) is 4.84. The van der Waals surface area contributed by atoms with Gasteiger partial charge in [-0.15, -0.1) is 24.0 Å². The van der Waals surface area contributed by atoms with Gasteiger partial charge in [-0.1, -0.05) is 38.9 Å². The highest BCUT2D eigenvalue weighted by atomic mass is 127. The molecule has 0 fully saturated rings. The van der Waals surface area contributed by atoms with Crippen LogP contribution < -0.4 is 20.1 Å². The molecule has 1 aromatic heterocycles. The molecule has 8 heteroatoms. The Morgan fingerprint density at radius 1 is 1.14 bits per heavy atom. The molecule has 160 valence electrons. The molecular formula is C21H31IN4O3. The molecule has 1 aliphatic rings. The lowest BCUT2D eigenvalue weighted by Crippen LogP contribution is -2.43. The van der Waals surface area contributed by atoms with Crippen LogP contribution in [0.4, 0.5) is 0 Å². The number of benzene rings is 1. The van der Waals surface area contributed by atoms with Crippen LogP contribution in [-0.2, 0) is 12.0 Å². The van der Waals surface area contributed by atoms with Gasteiger partial charge in [0.1, 0.15) is 13.2 Å². The Morgan fingerprint density at radius 3 is 2.52 bits per heavy atom. The van der Waals surface area contributed by atoms with Crippen molar-refractivity contribution < 1.29 is 14.0 Å². The lowest BCUT2D eigenvalue weighted by molar-refractivity contribution is 0.171. The van der Waals surface area contributed by atoms with Crippen LogP contribution in [0.15, 0.2) is 33.8 Å². The van der Waals surface area contributed by atoms with Crippen molar-refractivity contribution >= 4 is 29.9 Å². The Labute approximate surface area is 189 Å². The molecule has 0 atom stereocenters. The van der Waals surface area contributed by atoms with Crippen molar-refractivity contribution in [3.63, 3.8) is 0 Å². The molecule has 0 spiro atoms. The summed E-state index contributed by atoms with van der Waals surface area (Å²) >= 11 is 0. The highest BCUT2D eigenvalue weighted by Gasteiger charge is 2.24. The maximum Gasteiger partial charge on any atom is 0.191 e. The van der Waals surface area contributed by atoms with Crippen LogP contribution >= 0.6 is 24.0 Å². The minimum Gasteiger partial charge on any atom is -0.486 e. The summed E-state index contributed by atoms with van der Waals surface area (Å²) in [6.45, 7) is 11.0. The Hall–Kier alpha value is -1.97. The van der Waals surface area contributed by atoms with Gasteiger partial charge in [-0.05, 0) is 23.6 Å². The molecule has 2 heterocycles. The molecule has 0 radical (unpaired) electrons. The molecule has 1 aromatic carbocycles. The van der Waals surface area contributed by atoms with Gasteiger partial charge in [0.25, 0.3) is 0 Å². The van der Waals surface area contributed by atoms with Gasteiger partial charge in [-0.3, -0.25) is 4.99 Å². The molecule has 0 aliphatic carbocycles. The first-order valence-electron chi connectivity index (χ1n) is 9.69. The molecular weight excluding hydrogens is 483 g/mol. The van der Waals surface area contributed by atoms with Gasteiger partial charge < -0.3 is 24.6 Å². The van der Waals surface area contributed by atoms with E-state index in [0.717, 1.165) is 23.0 Å². The van der Waals surface area contributed by atoms with Crippen molar-refractivity contribution in [1.29, 1.82) is 0 Å². The van der Waals surface area contributed by atoms with E-state index >= 15 is 0 Å². The van der Waals surface area contributed by atoms with Crippen molar-refractivity contribution in [2.45, 2.75) is 45.6 Å². The van der Waals surface area contributed by atoms with Crippen LogP contribution in [0.3, 0.4) is 0 Å². The predicted octanol–water partition coefficient (Wildman–Crippen LogP) is 3.83. The summed E-state index contributed by atoms with van der Waals surface area (Å²) in [5.41, 5.74) is 2.01. The van der Waals surface area contributed by atoms with Gasteiger partial charge in [0.15, 0.2) is 23.2 Å². The lowest BCUT2D eigenvalue weighted by Gasteiger charge is -2.28. The number of guanidine groups is 1. The molecule has 0 bridgehead atoms. The average molecular weight is 514 g/mol. The molecule has 29 heavy (non-hydrogen) atoms. The van der Waals surface area contributed by atoms with E-state index in [4.69, 9.17) is 14.0 Å². The summed E-state index contributed by atoms with van der Waals surface area (Å²) in [6.07, 6.45) is 0. The molecule has 2 aromatic rings. The molecule has 0 amide bonds. The number of halogens is 1. The second-order valence-corrected chi connectivity index (χ2v) is 7.89. The monoisotopic (exact) mass is 514 g/mol. The minimum absolute atomic E-state index is 0. The normalized spacial score (nSPS) is 13.8. The summed E-state index contributed by atoms with van der Waals surface area (Å²) in [6, 6.07) is 8.11. The van der Waals surface area contributed by atoms with Crippen LogP contribution in [0.25, 0.3) is 0 Å². The number of nitrogens with one attached hydrogen (secondary N) is 2. The quantitative estimate of drug-likeness (QED) is 0.347. The predicted molar refractivity (Wildman–Crippen MR) is 125 cm³/mol. The highest BCUT2D eigenvalue weighted by molar-refractivity contribution is 14.0. The second kappa shape index (κ2) is 10.2. The van der Waals surface area contributed by atoms with Gasteiger partial charge in [0, 0.05) is 25.1 Å². The maximum atomic E-state index is 5.71. The number of hydrogen-bond donors (Lipinski definition) is 2. The molecule has 2 N–H and O–H groups in total. The zero-order valence-corrected chi connectivity index (χ0v) is 20.1. The topological polar surface area (TPSA) is 80.9 Å². The third kappa shape index (κ3) is 6.01. The molecule has 0 saturated heterocycles. The number of rotatable bonds is 6. The largest absolute Gasteiger partial charge is 0.486 e. The van der Waals surface area contributed by atoms with Crippen molar-refractivity contribution in [3.8, 4) is 11.5 Å². The number of aromatic nitrogens is 1. The van der Waals surface area contributed by atoms with E-state index in [-0.39, 0.29) is 29.4 Å². The van der Waals surface area contributed by atoms with Gasteiger partial charge >= 0.3 is 0 Å². The minimum atomic E-state index is -0.121. The zero-order chi connectivity index (χ0) is 20.1. The number of nitrogens with zero attached hydrogens (tertiary/aromatic N) is 2. The van der Waals surface area contributed by atoms with Gasteiger partial charge in [0.05, 0.1) is 12.2 Å². The molecule has 1 aliphatic heterocycles. The van der Waals surface area contributed by atoms with E-state index < -0.39 is 0 Å². The first-order chi connectivity index (χ1) is 13.4. The second-order valence-electron chi connectivity index (χ2n) is 7.89. The summed E-state index contributed by atoms with van der Waals surface area (Å²) in [4.78, 5) is 4.30. The molecule has 3 rings (SSSR count). The van der Waals surface area contributed by atoms with Crippen LogP contribution in [0.2, 0.25) is 0 Å². The van der Waals surface area contributed by atoms with Crippen molar-refractivity contribution in [2.75, 3.05) is 26.8 Å². The Morgan fingerprint density at radius 2 is 1.86 bits per heavy atom. The summed E-state index contributed by atoms with van der Waals surface area (Å²) in [7, 11) is 1.76. The fraction of sp³-hybridized carbons (Fsp3) is 0.524. The van der Waals surface area contributed by atoms with E-state index in [0.29, 0.717) is 38.2 Å². The first kappa shape index (κ1) is 23.3. The summed E-state index contributed by atoms with van der Waals surface area (Å²) in [5.74, 6) is 3.47. The summed E-state index contributed by atoms with van der Waals surface area (Å²) in [5, 5.41) is 10.7. The Balaban J connectivity index is 0.00000300. The van der Waals surface area contributed by atoms with E-state index in [1.54, 1.807) is 7.05 Å². The Kier molecular flexibility index (Phi) is 8.18. The fourth-order valence-corrected chi connectivity index (χ4v) is 2.95. The average Bonchev–Trinajstić information content (AvgIpc) is 3.17. The van der Waals surface area contributed by atoms with E-state index in [1.165, 1.54) is 5.56 Å². The summed E-state index contributed by atoms with van der Waals surface area (Å²) < 4.78 is 16.7. The standard InChI is InChI=1S/C21H30N4O3.HI/c1-14(2)17-11-16(28-25-17)12-23-20(22-5)24-13-21(3,4)15-6-7-18-19(10-15)27-9-8-26-18;/h6-7,10-11,14H,8-9,12-13H2,1-5H3,(H2,22,23,24);1H. The molecule has 0 unspecified atom stereocenters. The Bertz CT molecular complexity index is 833. The van der Waals surface area contributed by atoms with E-state index in [2.05, 4.69) is 60.6 Å². The van der Waals surface area contributed by atoms with Crippen molar-refractivity contribution in [1.82, 2.24) is 15.8 Å². The van der Waals surface area contributed by atoms with Crippen LogP contribution in [0.1, 0.15) is 50.6 Å². The zero-order valence-electron chi connectivity index (χ0n) is 17.7. The van der Waals surface area contributed by atoms with Crippen molar-refractivity contribution in [3.05, 3.63) is 41.3 Å². The SMILES string of the molecule is CN=C(NCc1cc(C(C)C)no1)NCC(C)(C)c1ccc2c(c1)OCCO2.I. The van der Waals surface area contributed by atoms with E-state index in [9.17, 15) is 0 Å². The van der Waals surface area contributed by atoms with Crippen LogP contribution in [0, 0.1) is 0 Å². The third-order valence-electron chi connectivity index (χ3n) is 4.84. The number of fused-ring (bicyclic) bond motifs is 1. The first-order valence-corrected chi connectivity index (χ1v) is 9.69.